The van der Waals surface area contributed by atoms with Crippen molar-refractivity contribution < 1.29 is 18.8 Å². The minimum absolute atomic E-state index is 0.205. The Hall–Kier alpha value is -2.24. The Morgan fingerprint density at radius 1 is 1.53 bits per heavy atom. The number of hydrogen-bond acceptors (Lipinski definition) is 4. The van der Waals surface area contributed by atoms with Crippen LogP contribution in [-0.4, -0.2) is 21.2 Å². The molecule has 0 radical (unpaired) electrons. The number of aromatic nitrogens is 2. The van der Waals surface area contributed by atoms with Gasteiger partial charge in [-0.05, 0) is 19.1 Å². The lowest BCUT2D eigenvalue weighted by Crippen LogP contribution is -2.02. The molecule has 0 bridgehead atoms. The lowest BCUT2D eigenvalue weighted by molar-refractivity contribution is -0.136. The maximum absolute atomic E-state index is 12.7. The Kier molecular flexibility index (Phi) is 2.86. The minimum Gasteiger partial charge on any atom is -0.481 e. The molecule has 0 unspecified atom stereocenters. The SMILES string of the molecule is Cc1onc(-c2ccc(F)cn2)c1CC(=O)O. The number of rotatable bonds is 3. The van der Waals surface area contributed by atoms with Crippen LogP contribution in [0.1, 0.15) is 11.3 Å². The van der Waals surface area contributed by atoms with Crippen LogP contribution in [0.5, 0.6) is 0 Å². The topological polar surface area (TPSA) is 76.2 Å². The molecule has 0 spiro atoms. The Morgan fingerprint density at radius 2 is 2.29 bits per heavy atom. The summed E-state index contributed by atoms with van der Waals surface area (Å²) in [5, 5.41) is 12.5. The summed E-state index contributed by atoms with van der Waals surface area (Å²) in [7, 11) is 0. The first-order valence-electron chi connectivity index (χ1n) is 4.87. The quantitative estimate of drug-likeness (QED) is 0.879. The number of nitrogens with zero attached hydrogens (tertiary/aromatic N) is 2. The monoisotopic (exact) mass is 236 g/mol. The molecule has 6 heteroatoms. The number of carboxylic acids is 1. The Bertz CT molecular complexity index is 548. The van der Waals surface area contributed by atoms with Gasteiger partial charge in [0.15, 0.2) is 0 Å². The normalized spacial score (nSPS) is 10.5. The van der Waals surface area contributed by atoms with Crippen molar-refractivity contribution >= 4 is 5.97 Å². The molecule has 2 rings (SSSR count). The third kappa shape index (κ3) is 2.30. The molecule has 5 nitrogen and oxygen atoms in total. The highest BCUT2D eigenvalue weighted by atomic mass is 19.1. The van der Waals surface area contributed by atoms with Crippen LogP contribution in [0.3, 0.4) is 0 Å². The van der Waals surface area contributed by atoms with Crippen molar-refractivity contribution in [3.05, 3.63) is 35.5 Å². The smallest absolute Gasteiger partial charge is 0.308 e. The first-order valence-corrected chi connectivity index (χ1v) is 4.87. The van der Waals surface area contributed by atoms with Gasteiger partial charge >= 0.3 is 5.97 Å². The van der Waals surface area contributed by atoms with E-state index in [2.05, 4.69) is 10.1 Å². The lowest BCUT2D eigenvalue weighted by Gasteiger charge is -1.98. The first-order chi connectivity index (χ1) is 8.08. The van der Waals surface area contributed by atoms with Gasteiger partial charge in [0.2, 0.25) is 0 Å². The van der Waals surface area contributed by atoms with Crippen LogP contribution in [0.4, 0.5) is 4.39 Å². The second-order valence-corrected chi connectivity index (χ2v) is 3.50. The van der Waals surface area contributed by atoms with Crippen LogP contribution in [0.15, 0.2) is 22.9 Å². The zero-order valence-electron chi connectivity index (χ0n) is 8.98. The molecule has 0 aromatic carbocycles. The summed E-state index contributed by atoms with van der Waals surface area (Å²) >= 11 is 0. The molecule has 0 atom stereocenters. The molecule has 88 valence electrons. The average Bonchev–Trinajstić information content (AvgIpc) is 2.61. The first kappa shape index (κ1) is 11.3. The number of aliphatic carboxylic acids is 1. The van der Waals surface area contributed by atoms with Gasteiger partial charge < -0.3 is 9.63 Å². The van der Waals surface area contributed by atoms with Crippen molar-refractivity contribution in [3.63, 3.8) is 0 Å². The van der Waals surface area contributed by atoms with Gasteiger partial charge in [-0.25, -0.2) is 4.39 Å². The highest BCUT2D eigenvalue weighted by molar-refractivity contribution is 5.74. The number of pyridine rings is 1. The van der Waals surface area contributed by atoms with E-state index in [1.807, 2.05) is 0 Å². The van der Waals surface area contributed by atoms with Gasteiger partial charge in [-0.3, -0.25) is 9.78 Å². The summed E-state index contributed by atoms with van der Waals surface area (Å²) in [6, 6.07) is 2.66. The predicted molar refractivity (Wildman–Crippen MR) is 55.8 cm³/mol. The van der Waals surface area contributed by atoms with Gasteiger partial charge in [-0.2, -0.15) is 0 Å². The van der Waals surface area contributed by atoms with Crippen LogP contribution >= 0.6 is 0 Å². The molecular weight excluding hydrogens is 227 g/mol. The molecule has 0 saturated carbocycles. The molecule has 2 aromatic heterocycles. The molecule has 0 aliphatic rings. The molecule has 0 aliphatic heterocycles. The van der Waals surface area contributed by atoms with Crippen LogP contribution in [0, 0.1) is 12.7 Å². The second-order valence-electron chi connectivity index (χ2n) is 3.50. The van der Waals surface area contributed by atoms with E-state index in [1.165, 1.54) is 12.1 Å². The highest BCUT2D eigenvalue weighted by Gasteiger charge is 2.18. The van der Waals surface area contributed by atoms with E-state index in [-0.39, 0.29) is 6.42 Å². The Labute approximate surface area is 95.9 Å². The molecule has 0 amide bonds. The van der Waals surface area contributed by atoms with Crippen LogP contribution in [0.2, 0.25) is 0 Å². The zero-order valence-corrected chi connectivity index (χ0v) is 8.98. The number of halogens is 1. The second kappa shape index (κ2) is 4.32. The predicted octanol–water partition coefficient (Wildman–Crippen LogP) is 1.81. The van der Waals surface area contributed by atoms with E-state index in [9.17, 15) is 9.18 Å². The third-order valence-corrected chi connectivity index (χ3v) is 2.28. The molecule has 2 aromatic rings. The van der Waals surface area contributed by atoms with Crippen LogP contribution in [-0.2, 0) is 11.2 Å². The fraction of sp³-hybridized carbons (Fsp3) is 0.182. The standard InChI is InChI=1S/C11H9FN2O3/c1-6-8(4-10(15)16)11(14-17-6)9-3-2-7(12)5-13-9/h2-3,5H,4H2,1H3,(H,15,16). The van der Waals surface area contributed by atoms with Crippen molar-refractivity contribution in [1.82, 2.24) is 10.1 Å². The van der Waals surface area contributed by atoms with E-state index in [1.54, 1.807) is 6.92 Å². The molecule has 1 N–H and O–H groups in total. The molecule has 0 fully saturated rings. The summed E-state index contributed by atoms with van der Waals surface area (Å²) in [5.74, 6) is -1.03. The van der Waals surface area contributed by atoms with E-state index < -0.39 is 11.8 Å². The fourth-order valence-corrected chi connectivity index (χ4v) is 1.47. The van der Waals surface area contributed by atoms with Gasteiger partial charge in [0.1, 0.15) is 17.3 Å². The van der Waals surface area contributed by atoms with Crippen molar-refractivity contribution in [2.75, 3.05) is 0 Å². The van der Waals surface area contributed by atoms with Gasteiger partial charge in [-0.15, -0.1) is 0 Å². The Morgan fingerprint density at radius 3 is 2.88 bits per heavy atom. The van der Waals surface area contributed by atoms with Crippen molar-refractivity contribution in [1.29, 1.82) is 0 Å². The molecule has 0 aliphatic carbocycles. The average molecular weight is 236 g/mol. The summed E-state index contributed by atoms with van der Waals surface area (Å²) in [6.45, 7) is 1.62. The lowest BCUT2D eigenvalue weighted by atomic mass is 10.1. The van der Waals surface area contributed by atoms with E-state index in [0.29, 0.717) is 22.7 Å². The highest BCUT2D eigenvalue weighted by Crippen LogP contribution is 2.24. The zero-order chi connectivity index (χ0) is 12.4. The van der Waals surface area contributed by atoms with Gasteiger partial charge in [-0.1, -0.05) is 5.16 Å². The molecule has 17 heavy (non-hydrogen) atoms. The summed E-state index contributed by atoms with van der Waals surface area (Å²) in [5.41, 5.74) is 1.18. The van der Waals surface area contributed by atoms with Crippen LogP contribution in [0.25, 0.3) is 11.4 Å². The Balaban J connectivity index is 2.45. The van der Waals surface area contributed by atoms with Gasteiger partial charge in [0, 0.05) is 5.56 Å². The van der Waals surface area contributed by atoms with E-state index in [4.69, 9.17) is 9.63 Å². The largest absolute Gasteiger partial charge is 0.481 e. The van der Waals surface area contributed by atoms with Crippen molar-refractivity contribution in [3.8, 4) is 11.4 Å². The summed E-state index contributed by atoms with van der Waals surface area (Å²) in [4.78, 5) is 14.5. The van der Waals surface area contributed by atoms with Crippen molar-refractivity contribution in [2.45, 2.75) is 13.3 Å². The number of aryl methyl sites for hydroxylation is 1. The van der Waals surface area contributed by atoms with E-state index in [0.717, 1.165) is 6.20 Å². The number of hydrogen-bond donors (Lipinski definition) is 1. The number of carbonyl (C=O) groups is 1. The van der Waals surface area contributed by atoms with Crippen LogP contribution < -0.4 is 0 Å². The number of carboxylic acid groups (broad SMARTS) is 1. The maximum Gasteiger partial charge on any atom is 0.308 e. The third-order valence-electron chi connectivity index (χ3n) is 2.28. The van der Waals surface area contributed by atoms with Crippen molar-refractivity contribution in [2.24, 2.45) is 0 Å². The fourth-order valence-electron chi connectivity index (χ4n) is 1.47. The van der Waals surface area contributed by atoms with E-state index >= 15 is 0 Å². The maximum atomic E-state index is 12.7. The summed E-state index contributed by atoms with van der Waals surface area (Å²) in [6.07, 6.45) is 0.841. The molecule has 2 heterocycles. The van der Waals surface area contributed by atoms with Gasteiger partial charge in [0.05, 0.1) is 18.3 Å². The molecular formula is C11H9FN2O3. The summed E-state index contributed by atoms with van der Waals surface area (Å²) < 4.78 is 17.7. The van der Waals surface area contributed by atoms with Gasteiger partial charge in [0.25, 0.3) is 0 Å². The minimum atomic E-state index is -0.986. The molecule has 0 saturated heterocycles.